The lowest BCUT2D eigenvalue weighted by atomic mass is 9.84. The molecule has 1 amide bonds. The molecule has 0 radical (unpaired) electrons. The molecule has 1 fully saturated rings. The minimum atomic E-state index is 0. The smallest absolute Gasteiger partial charge is 0.220 e. The van der Waals surface area contributed by atoms with Crippen LogP contribution in [0.1, 0.15) is 38.0 Å². The van der Waals surface area contributed by atoms with Crippen LogP contribution in [0, 0.1) is 17.8 Å². The molecule has 2 unspecified atom stereocenters. The van der Waals surface area contributed by atoms with E-state index < -0.39 is 0 Å². The Kier molecular flexibility index (Phi) is 9.06. The van der Waals surface area contributed by atoms with E-state index in [9.17, 15) is 4.79 Å². The highest BCUT2D eigenvalue weighted by molar-refractivity contribution is 7.09. The van der Waals surface area contributed by atoms with Gasteiger partial charge >= 0.3 is 0 Å². The quantitative estimate of drug-likeness (QED) is 0.795. The number of carbonyl (C=O) groups excluding carboxylic acids is 1. The number of carbonyl (C=O) groups is 1. The molecule has 0 bridgehead atoms. The standard InChI is InChI=1S/C17H28N2OS.ClH/c1-13(10-16-4-3-9-21-16)12-19-17(20)11-14(2)15-5-7-18-8-6-15;/h3-4,9,13-15,18H,5-8,10-12H2,1-2H3,(H,19,20);1H. The average Bonchev–Trinajstić information content (AvgIpc) is 2.99. The van der Waals surface area contributed by atoms with Gasteiger partial charge in [0.25, 0.3) is 0 Å². The van der Waals surface area contributed by atoms with E-state index in [2.05, 4.69) is 42.0 Å². The first-order chi connectivity index (χ1) is 10.1. The van der Waals surface area contributed by atoms with Crippen LogP contribution in [0.3, 0.4) is 0 Å². The SMILES string of the molecule is CC(CNC(=O)CC(C)C1CCNCC1)Cc1cccs1.Cl. The minimum absolute atomic E-state index is 0. The van der Waals surface area contributed by atoms with Gasteiger partial charge in [0, 0.05) is 17.8 Å². The second-order valence-electron chi connectivity index (χ2n) is 6.46. The second-order valence-corrected chi connectivity index (χ2v) is 7.49. The maximum absolute atomic E-state index is 12.1. The highest BCUT2D eigenvalue weighted by Crippen LogP contribution is 2.24. The van der Waals surface area contributed by atoms with Crippen LogP contribution in [0.4, 0.5) is 0 Å². The summed E-state index contributed by atoms with van der Waals surface area (Å²) in [5, 5.41) is 8.61. The number of halogens is 1. The van der Waals surface area contributed by atoms with E-state index in [0.717, 1.165) is 26.1 Å². The first kappa shape index (κ1) is 19.5. The number of piperidine rings is 1. The highest BCUT2D eigenvalue weighted by Gasteiger charge is 2.22. The van der Waals surface area contributed by atoms with Crippen molar-refractivity contribution in [3.8, 4) is 0 Å². The third kappa shape index (κ3) is 6.67. The van der Waals surface area contributed by atoms with Crippen LogP contribution >= 0.6 is 23.7 Å². The van der Waals surface area contributed by atoms with Gasteiger partial charge in [-0.3, -0.25) is 4.79 Å². The maximum Gasteiger partial charge on any atom is 0.220 e. The van der Waals surface area contributed by atoms with E-state index in [1.165, 1.54) is 17.7 Å². The molecule has 3 nitrogen and oxygen atoms in total. The Labute approximate surface area is 144 Å². The summed E-state index contributed by atoms with van der Waals surface area (Å²) in [6.45, 7) is 7.43. The van der Waals surface area contributed by atoms with Crippen LogP contribution in [0.15, 0.2) is 17.5 Å². The van der Waals surface area contributed by atoms with E-state index in [-0.39, 0.29) is 18.3 Å². The molecule has 1 aliphatic rings. The lowest BCUT2D eigenvalue weighted by Gasteiger charge is -2.28. The van der Waals surface area contributed by atoms with E-state index in [0.29, 0.717) is 24.2 Å². The van der Waals surface area contributed by atoms with Gasteiger partial charge in [0.2, 0.25) is 5.91 Å². The zero-order chi connectivity index (χ0) is 15.1. The molecule has 2 N–H and O–H groups in total. The van der Waals surface area contributed by atoms with Gasteiger partial charge in [-0.1, -0.05) is 19.9 Å². The van der Waals surface area contributed by atoms with Crippen molar-refractivity contribution in [1.29, 1.82) is 0 Å². The van der Waals surface area contributed by atoms with Crippen LogP contribution in [-0.4, -0.2) is 25.5 Å². The Hall–Kier alpha value is -0.580. The number of rotatable bonds is 7. The van der Waals surface area contributed by atoms with Crippen molar-refractivity contribution in [2.45, 2.75) is 39.5 Å². The predicted octanol–water partition coefficient (Wildman–Crippen LogP) is 3.49. The van der Waals surface area contributed by atoms with Crippen molar-refractivity contribution < 1.29 is 4.79 Å². The first-order valence-corrected chi connectivity index (χ1v) is 9.03. The first-order valence-electron chi connectivity index (χ1n) is 8.15. The average molecular weight is 345 g/mol. The minimum Gasteiger partial charge on any atom is -0.356 e. The number of amides is 1. The van der Waals surface area contributed by atoms with Crippen LogP contribution in [-0.2, 0) is 11.2 Å². The highest BCUT2D eigenvalue weighted by atomic mass is 35.5. The lowest BCUT2D eigenvalue weighted by Crippen LogP contribution is -2.34. The summed E-state index contributed by atoms with van der Waals surface area (Å²) < 4.78 is 0. The van der Waals surface area contributed by atoms with Gasteiger partial charge in [-0.05, 0) is 61.6 Å². The fourth-order valence-electron chi connectivity index (χ4n) is 3.08. The number of nitrogens with one attached hydrogen (secondary N) is 2. The van der Waals surface area contributed by atoms with Crippen LogP contribution in [0.5, 0.6) is 0 Å². The van der Waals surface area contributed by atoms with Gasteiger partial charge in [0.15, 0.2) is 0 Å². The Morgan fingerprint density at radius 3 is 2.77 bits per heavy atom. The summed E-state index contributed by atoms with van der Waals surface area (Å²) in [4.78, 5) is 13.5. The third-order valence-electron chi connectivity index (χ3n) is 4.47. The zero-order valence-corrected chi connectivity index (χ0v) is 15.3. The van der Waals surface area contributed by atoms with Gasteiger partial charge in [-0.2, -0.15) is 0 Å². The summed E-state index contributed by atoms with van der Waals surface area (Å²) in [6, 6.07) is 4.26. The molecule has 2 rings (SSSR count). The van der Waals surface area contributed by atoms with Gasteiger partial charge in [0.05, 0.1) is 0 Å². The predicted molar refractivity (Wildman–Crippen MR) is 96.8 cm³/mol. The summed E-state index contributed by atoms with van der Waals surface area (Å²) in [7, 11) is 0. The molecule has 2 atom stereocenters. The molecule has 5 heteroatoms. The summed E-state index contributed by atoms with van der Waals surface area (Å²) in [5.74, 6) is 1.93. The largest absolute Gasteiger partial charge is 0.356 e. The molecule has 126 valence electrons. The Bertz CT molecular complexity index is 418. The van der Waals surface area contributed by atoms with Crippen molar-refractivity contribution in [2.75, 3.05) is 19.6 Å². The molecule has 1 aromatic rings. The Morgan fingerprint density at radius 1 is 1.41 bits per heavy atom. The van der Waals surface area contributed by atoms with Crippen LogP contribution in [0.25, 0.3) is 0 Å². The van der Waals surface area contributed by atoms with E-state index in [1.54, 1.807) is 11.3 Å². The van der Waals surface area contributed by atoms with E-state index in [4.69, 9.17) is 0 Å². The normalized spacial score (nSPS) is 18.3. The fourth-order valence-corrected chi connectivity index (χ4v) is 3.95. The van der Waals surface area contributed by atoms with Crippen molar-refractivity contribution in [3.63, 3.8) is 0 Å². The molecular weight excluding hydrogens is 316 g/mol. The summed E-state index contributed by atoms with van der Waals surface area (Å²) >= 11 is 1.80. The Morgan fingerprint density at radius 2 is 2.14 bits per heavy atom. The molecule has 1 aromatic heterocycles. The zero-order valence-electron chi connectivity index (χ0n) is 13.6. The molecule has 1 saturated heterocycles. The molecular formula is C17H29ClN2OS. The molecule has 0 spiro atoms. The lowest BCUT2D eigenvalue weighted by molar-refractivity contribution is -0.122. The van der Waals surface area contributed by atoms with Gasteiger partial charge in [-0.25, -0.2) is 0 Å². The molecule has 0 aromatic carbocycles. The number of thiophene rings is 1. The van der Waals surface area contributed by atoms with Crippen molar-refractivity contribution in [1.82, 2.24) is 10.6 Å². The summed E-state index contributed by atoms with van der Waals surface area (Å²) in [5.41, 5.74) is 0. The fraction of sp³-hybridized carbons (Fsp3) is 0.706. The third-order valence-corrected chi connectivity index (χ3v) is 5.37. The van der Waals surface area contributed by atoms with Gasteiger partial charge < -0.3 is 10.6 Å². The van der Waals surface area contributed by atoms with Crippen LogP contribution < -0.4 is 10.6 Å². The van der Waals surface area contributed by atoms with Crippen molar-refractivity contribution in [2.24, 2.45) is 17.8 Å². The summed E-state index contributed by atoms with van der Waals surface area (Å²) in [6.07, 6.45) is 4.16. The number of hydrogen-bond donors (Lipinski definition) is 2. The van der Waals surface area contributed by atoms with Crippen molar-refractivity contribution in [3.05, 3.63) is 22.4 Å². The molecule has 0 saturated carbocycles. The van der Waals surface area contributed by atoms with Crippen LogP contribution in [0.2, 0.25) is 0 Å². The monoisotopic (exact) mass is 344 g/mol. The Balaban J connectivity index is 0.00000242. The molecule has 22 heavy (non-hydrogen) atoms. The van der Waals surface area contributed by atoms with Gasteiger partial charge in [-0.15, -0.1) is 23.7 Å². The van der Waals surface area contributed by atoms with E-state index in [1.807, 2.05) is 0 Å². The number of hydrogen-bond acceptors (Lipinski definition) is 3. The molecule has 1 aliphatic heterocycles. The molecule has 0 aliphatic carbocycles. The van der Waals surface area contributed by atoms with E-state index >= 15 is 0 Å². The van der Waals surface area contributed by atoms with Gasteiger partial charge in [0.1, 0.15) is 0 Å². The van der Waals surface area contributed by atoms with Crippen molar-refractivity contribution >= 4 is 29.7 Å². The second kappa shape index (κ2) is 10.2. The molecule has 2 heterocycles. The maximum atomic E-state index is 12.1. The topological polar surface area (TPSA) is 41.1 Å².